The van der Waals surface area contributed by atoms with E-state index in [2.05, 4.69) is 5.16 Å². The molecule has 104 valence electrons. The van der Waals surface area contributed by atoms with Crippen molar-refractivity contribution in [3.05, 3.63) is 21.9 Å². The smallest absolute Gasteiger partial charge is 0.263 e. The predicted molar refractivity (Wildman–Crippen MR) is 75.7 cm³/mol. The minimum atomic E-state index is -0.309. The maximum absolute atomic E-state index is 12.3. The fraction of sp³-hybridized carbons (Fsp3) is 0.538. The number of rotatable bonds is 2. The zero-order chi connectivity index (χ0) is 14.0. The fourth-order valence-corrected chi connectivity index (χ4v) is 3.12. The van der Waals surface area contributed by atoms with Gasteiger partial charge in [0.2, 0.25) is 0 Å². The van der Waals surface area contributed by atoms with Gasteiger partial charge in [-0.2, -0.15) is 0 Å². The Hall–Kier alpha value is -1.56. The van der Waals surface area contributed by atoms with Gasteiger partial charge in [-0.25, -0.2) is 0 Å². The van der Waals surface area contributed by atoms with Crippen molar-refractivity contribution in [2.24, 2.45) is 16.3 Å². The van der Waals surface area contributed by atoms with Crippen LogP contribution in [0.5, 0.6) is 0 Å². The first kappa shape index (κ1) is 13.9. The van der Waals surface area contributed by atoms with Crippen molar-refractivity contribution in [3.63, 3.8) is 0 Å². The molecule has 0 radical (unpaired) electrons. The van der Waals surface area contributed by atoms with Crippen LogP contribution in [0.3, 0.4) is 0 Å². The third-order valence-electron chi connectivity index (χ3n) is 3.83. The van der Waals surface area contributed by atoms with Crippen LogP contribution < -0.4 is 5.73 Å². The van der Waals surface area contributed by atoms with Crippen molar-refractivity contribution in [1.82, 2.24) is 4.90 Å². The highest BCUT2D eigenvalue weighted by atomic mass is 32.1. The molecule has 0 spiro atoms. The second-order valence-electron chi connectivity index (χ2n) is 5.25. The number of nitrogens with zero attached hydrogens (tertiary/aromatic N) is 2. The Morgan fingerprint density at radius 1 is 1.47 bits per heavy atom. The molecule has 6 heteroatoms. The second kappa shape index (κ2) is 5.21. The molecule has 0 aromatic carbocycles. The van der Waals surface area contributed by atoms with Crippen molar-refractivity contribution < 1.29 is 10.0 Å². The Bertz CT molecular complexity index is 502. The minimum Gasteiger partial charge on any atom is -0.409 e. The van der Waals surface area contributed by atoms with Crippen molar-refractivity contribution in [1.29, 1.82) is 0 Å². The summed E-state index contributed by atoms with van der Waals surface area (Å²) < 4.78 is 0. The molecule has 0 unspecified atom stereocenters. The molecule has 1 aliphatic heterocycles. The quantitative estimate of drug-likeness (QED) is 0.377. The Kier molecular flexibility index (Phi) is 3.80. The SMILES string of the molecule is Cc1ccc(C(=O)N2CCC(C)(/C(N)=N/O)CC2)s1. The number of nitrogens with two attached hydrogens (primary N) is 1. The third kappa shape index (κ3) is 2.73. The van der Waals surface area contributed by atoms with Crippen LogP contribution in [-0.2, 0) is 0 Å². The first-order chi connectivity index (χ1) is 8.96. The highest BCUT2D eigenvalue weighted by molar-refractivity contribution is 7.13. The van der Waals surface area contributed by atoms with Crippen LogP contribution in [0.4, 0.5) is 0 Å². The van der Waals surface area contributed by atoms with E-state index in [4.69, 9.17) is 10.9 Å². The molecule has 1 aliphatic rings. The normalized spacial score (nSPS) is 19.5. The number of piperidine rings is 1. The molecule has 1 amide bonds. The van der Waals surface area contributed by atoms with Gasteiger partial charge >= 0.3 is 0 Å². The Labute approximate surface area is 116 Å². The van der Waals surface area contributed by atoms with Crippen LogP contribution in [0.1, 0.15) is 34.3 Å². The first-order valence-corrected chi connectivity index (χ1v) is 7.12. The number of amides is 1. The number of hydrogen-bond acceptors (Lipinski definition) is 4. The third-order valence-corrected chi connectivity index (χ3v) is 4.82. The molecule has 3 N–H and O–H groups in total. The minimum absolute atomic E-state index is 0.0830. The summed E-state index contributed by atoms with van der Waals surface area (Å²) in [6.45, 7) is 5.25. The van der Waals surface area contributed by atoms with Crippen LogP contribution >= 0.6 is 11.3 Å². The lowest BCUT2D eigenvalue weighted by molar-refractivity contribution is 0.0671. The van der Waals surface area contributed by atoms with E-state index in [1.165, 1.54) is 11.3 Å². The van der Waals surface area contributed by atoms with Crippen LogP contribution in [-0.4, -0.2) is 34.9 Å². The molecule has 2 heterocycles. The van der Waals surface area contributed by atoms with Gasteiger partial charge in [-0.3, -0.25) is 4.79 Å². The van der Waals surface area contributed by atoms with Crippen molar-refractivity contribution in [3.8, 4) is 0 Å². The second-order valence-corrected chi connectivity index (χ2v) is 6.54. The van der Waals surface area contributed by atoms with Crippen molar-refractivity contribution in [2.75, 3.05) is 13.1 Å². The van der Waals surface area contributed by atoms with Crippen molar-refractivity contribution >= 4 is 23.1 Å². The van der Waals surface area contributed by atoms with Crippen LogP contribution in [0.15, 0.2) is 17.3 Å². The molecular weight excluding hydrogens is 262 g/mol. The summed E-state index contributed by atoms with van der Waals surface area (Å²) in [4.78, 5) is 16.1. The van der Waals surface area contributed by atoms with Gasteiger partial charge in [-0.1, -0.05) is 12.1 Å². The van der Waals surface area contributed by atoms with Crippen molar-refractivity contribution in [2.45, 2.75) is 26.7 Å². The molecule has 19 heavy (non-hydrogen) atoms. The number of oxime groups is 1. The van der Waals surface area contributed by atoms with Gasteiger partial charge in [0.05, 0.1) is 4.88 Å². The number of thiophene rings is 1. The van der Waals surface area contributed by atoms with E-state index in [1.54, 1.807) is 0 Å². The average Bonchev–Trinajstić information content (AvgIpc) is 2.84. The van der Waals surface area contributed by atoms with Gasteiger partial charge in [0.1, 0.15) is 5.84 Å². The number of carbonyl (C=O) groups excluding carboxylic acids is 1. The number of amidine groups is 1. The molecule has 1 aromatic rings. The lowest BCUT2D eigenvalue weighted by atomic mass is 9.79. The molecule has 5 nitrogen and oxygen atoms in total. The van der Waals surface area contributed by atoms with E-state index in [9.17, 15) is 4.79 Å². The van der Waals surface area contributed by atoms with Crippen LogP contribution in [0.25, 0.3) is 0 Å². The maximum Gasteiger partial charge on any atom is 0.263 e. The summed E-state index contributed by atoms with van der Waals surface area (Å²) in [6, 6.07) is 3.84. The van der Waals surface area contributed by atoms with Crippen LogP contribution in [0, 0.1) is 12.3 Å². The van der Waals surface area contributed by atoms with E-state index in [0.717, 1.165) is 22.6 Å². The summed E-state index contributed by atoms with van der Waals surface area (Å²) in [5.41, 5.74) is 5.41. The van der Waals surface area contributed by atoms with E-state index in [0.29, 0.717) is 13.1 Å². The molecule has 1 saturated heterocycles. The highest BCUT2D eigenvalue weighted by Crippen LogP contribution is 2.32. The average molecular weight is 281 g/mol. The van der Waals surface area contributed by atoms with Gasteiger partial charge in [0.25, 0.3) is 5.91 Å². The molecule has 0 saturated carbocycles. The topological polar surface area (TPSA) is 78.9 Å². The van der Waals surface area contributed by atoms with E-state index < -0.39 is 0 Å². The van der Waals surface area contributed by atoms with E-state index in [-0.39, 0.29) is 17.2 Å². The summed E-state index contributed by atoms with van der Waals surface area (Å²) in [6.07, 6.45) is 1.44. The molecule has 2 rings (SSSR count). The van der Waals surface area contributed by atoms with Gasteiger partial charge in [-0.15, -0.1) is 11.3 Å². The zero-order valence-corrected chi connectivity index (χ0v) is 12.0. The molecule has 0 bridgehead atoms. The highest BCUT2D eigenvalue weighted by Gasteiger charge is 2.35. The van der Waals surface area contributed by atoms with E-state index in [1.807, 2.05) is 30.9 Å². The van der Waals surface area contributed by atoms with Crippen LogP contribution in [0.2, 0.25) is 0 Å². The fourth-order valence-electron chi connectivity index (χ4n) is 2.29. The number of likely N-dealkylation sites (tertiary alicyclic amines) is 1. The molecule has 0 atom stereocenters. The first-order valence-electron chi connectivity index (χ1n) is 6.30. The summed E-state index contributed by atoms with van der Waals surface area (Å²) in [5, 5.41) is 11.9. The van der Waals surface area contributed by atoms with Gasteiger partial charge in [0.15, 0.2) is 0 Å². The largest absolute Gasteiger partial charge is 0.409 e. The maximum atomic E-state index is 12.3. The summed E-state index contributed by atoms with van der Waals surface area (Å²) >= 11 is 1.52. The summed E-state index contributed by atoms with van der Waals surface area (Å²) in [7, 11) is 0. The standard InChI is InChI=1S/C13H19N3O2S/c1-9-3-4-10(19-9)11(17)16-7-5-13(2,6-8-16)12(14)15-18/h3-4,18H,5-8H2,1-2H3,(H2,14,15). The molecule has 1 aromatic heterocycles. The zero-order valence-electron chi connectivity index (χ0n) is 11.2. The lowest BCUT2D eigenvalue weighted by Gasteiger charge is -2.38. The number of carbonyl (C=O) groups is 1. The van der Waals surface area contributed by atoms with Gasteiger partial charge in [0, 0.05) is 23.4 Å². The lowest BCUT2D eigenvalue weighted by Crippen LogP contribution is -2.47. The Morgan fingerprint density at radius 3 is 2.58 bits per heavy atom. The number of hydrogen-bond donors (Lipinski definition) is 2. The Morgan fingerprint density at radius 2 is 2.11 bits per heavy atom. The van der Waals surface area contributed by atoms with E-state index >= 15 is 0 Å². The Balaban J connectivity index is 2.02. The monoisotopic (exact) mass is 281 g/mol. The molecule has 1 fully saturated rings. The number of aryl methyl sites for hydroxylation is 1. The predicted octanol–water partition coefficient (Wildman–Crippen LogP) is 2.05. The molecular formula is C13H19N3O2S. The summed E-state index contributed by atoms with van der Waals surface area (Å²) in [5.74, 6) is 0.339. The van der Waals surface area contributed by atoms with Gasteiger partial charge < -0.3 is 15.8 Å². The molecule has 0 aliphatic carbocycles. The van der Waals surface area contributed by atoms with Gasteiger partial charge in [-0.05, 0) is 31.9 Å².